The number of carbonyl (C=O) groups is 1. The Hall–Kier alpha value is -1.23. The van der Waals surface area contributed by atoms with Crippen LogP contribution in [0.5, 0.6) is 0 Å². The molecule has 19 heavy (non-hydrogen) atoms. The van der Waals surface area contributed by atoms with Crippen LogP contribution < -0.4 is 0 Å². The van der Waals surface area contributed by atoms with E-state index >= 15 is 0 Å². The molecule has 2 rings (SSSR count). The molecule has 2 heterocycles. The van der Waals surface area contributed by atoms with E-state index in [0.717, 1.165) is 31.6 Å². The molecular formula is C14H24N4O. The topological polar surface area (TPSA) is 51.0 Å². The van der Waals surface area contributed by atoms with Crippen molar-refractivity contribution in [1.82, 2.24) is 19.9 Å². The second-order valence-corrected chi connectivity index (χ2v) is 5.42. The molecule has 0 unspecified atom stereocenters. The van der Waals surface area contributed by atoms with Gasteiger partial charge in [-0.05, 0) is 38.8 Å². The van der Waals surface area contributed by atoms with Gasteiger partial charge in [0, 0.05) is 13.2 Å². The lowest BCUT2D eigenvalue weighted by Gasteiger charge is -2.39. The summed E-state index contributed by atoms with van der Waals surface area (Å²) in [5.74, 6) is 0.292. The summed E-state index contributed by atoms with van der Waals surface area (Å²) in [6, 6.07) is 0. The zero-order valence-electron chi connectivity index (χ0n) is 12.2. The van der Waals surface area contributed by atoms with E-state index in [9.17, 15) is 4.79 Å². The molecule has 1 aliphatic rings. The Morgan fingerprint density at radius 1 is 1.32 bits per heavy atom. The number of carbonyl (C=O) groups excluding carboxylic acids is 1. The third-order valence-electron chi connectivity index (χ3n) is 4.39. The number of hydrogen-bond donors (Lipinski definition) is 0. The van der Waals surface area contributed by atoms with Crippen LogP contribution in [0.2, 0.25) is 0 Å². The van der Waals surface area contributed by atoms with Crippen LogP contribution in [-0.2, 0) is 18.3 Å². The average molecular weight is 264 g/mol. The molecule has 0 bridgehead atoms. The highest BCUT2D eigenvalue weighted by atomic mass is 16.1. The van der Waals surface area contributed by atoms with E-state index < -0.39 is 0 Å². The number of rotatable bonds is 6. The highest BCUT2D eigenvalue weighted by molar-refractivity contribution is 5.89. The highest BCUT2D eigenvalue weighted by Crippen LogP contribution is 2.30. The number of aromatic nitrogens is 3. The fraction of sp³-hybridized carbons (Fsp3) is 0.786. The Morgan fingerprint density at radius 2 is 1.95 bits per heavy atom. The number of ketones is 1. The third kappa shape index (κ3) is 2.71. The van der Waals surface area contributed by atoms with Gasteiger partial charge in [0.25, 0.3) is 0 Å². The van der Waals surface area contributed by atoms with Crippen LogP contribution >= 0.6 is 0 Å². The minimum absolute atomic E-state index is 0.292. The first-order valence-corrected chi connectivity index (χ1v) is 7.26. The lowest BCUT2D eigenvalue weighted by molar-refractivity contribution is -0.130. The molecule has 0 aliphatic carbocycles. The van der Waals surface area contributed by atoms with Crippen LogP contribution in [-0.4, -0.2) is 44.3 Å². The van der Waals surface area contributed by atoms with Crippen molar-refractivity contribution in [3.05, 3.63) is 11.9 Å². The predicted octanol–water partition coefficient (Wildman–Crippen LogP) is 1.58. The first-order chi connectivity index (χ1) is 9.12. The first-order valence-electron chi connectivity index (χ1n) is 7.26. The van der Waals surface area contributed by atoms with E-state index in [2.05, 4.69) is 29.1 Å². The van der Waals surface area contributed by atoms with Crippen molar-refractivity contribution in [3.63, 3.8) is 0 Å². The molecule has 0 saturated carbocycles. The quantitative estimate of drug-likeness (QED) is 0.783. The maximum atomic E-state index is 12.8. The summed E-state index contributed by atoms with van der Waals surface area (Å²) in [4.78, 5) is 15.2. The van der Waals surface area contributed by atoms with Gasteiger partial charge in [-0.3, -0.25) is 14.4 Å². The molecule has 0 atom stereocenters. The number of nitrogens with zero attached hydrogens (tertiary/aromatic N) is 4. The van der Waals surface area contributed by atoms with Crippen LogP contribution in [0.3, 0.4) is 0 Å². The summed E-state index contributed by atoms with van der Waals surface area (Å²) in [6.45, 7) is 6.34. The number of likely N-dealkylation sites (tertiary alicyclic amines) is 1. The molecule has 106 valence electrons. The maximum Gasteiger partial charge on any atom is 0.159 e. The van der Waals surface area contributed by atoms with E-state index in [1.165, 1.54) is 12.8 Å². The van der Waals surface area contributed by atoms with Crippen molar-refractivity contribution in [2.75, 3.05) is 13.1 Å². The molecule has 0 aromatic carbocycles. The monoisotopic (exact) mass is 264 g/mol. The molecular weight excluding hydrogens is 240 g/mol. The fourth-order valence-corrected chi connectivity index (χ4v) is 3.22. The number of aryl methyl sites for hydroxylation is 1. The Kier molecular flexibility index (Phi) is 4.34. The summed E-state index contributed by atoms with van der Waals surface area (Å²) in [7, 11) is 1.83. The summed E-state index contributed by atoms with van der Waals surface area (Å²) in [5, 5.41) is 7.94. The van der Waals surface area contributed by atoms with E-state index in [-0.39, 0.29) is 5.54 Å². The summed E-state index contributed by atoms with van der Waals surface area (Å²) >= 11 is 0. The fourth-order valence-electron chi connectivity index (χ4n) is 3.22. The standard InChI is InChI=1S/C14H24N4O/c1-4-14(5-2,18-8-6-7-9-18)13(19)10-12-11-17(3)16-15-12/h11H,4-10H2,1-3H3. The lowest BCUT2D eigenvalue weighted by atomic mass is 9.84. The molecule has 1 aromatic heterocycles. The molecule has 1 aromatic rings. The van der Waals surface area contributed by atoms with Crippen LogP contribution in [0, 0.1) is 0 Å². The minimum Gasteiger partial charge on any atom is -0.297 e. The zero-order valence-corrected chi connectivity index (χ0v) is 12.2. The van der Waals surface area contributed by atoms with Gasteiger partial charge in [-0.1, -0.05) is 19.1 Å². The Labute approximate surface area is 115 Å². The van der Waals surface area contributed by atoms with Gasteiger partial charge >= 0.3 is 0 Å². The first kappa shape index (κ1) is 14.2. The minimum atomic E-state index is -0.298. The van der Waals surface area contributed by atoms with E-state index in [1.807, 2.05) is 13.2 Å². The van der Waals surface area contributed by atoms with Gasteiger partial charge in [-0.25, -0.2) is 0 Å². The molecule has 0 amide bonds. The zero-order chi connectivity index (χ0) is 13.9. The van der Waals surface area contributed by atoms with Gasteiger partial charge in [0.15, 0.2) is 5.78 Å². The van der Waals surface area contributed by atoms with Gasteiger partial charge in [0.2, 0.25) is 0 Å². The largest absolute Gasteiger partial charge is 0.297 e. The third-order valence-corrected chi connectivity index (χ3v) is 4.39. The number of Topliss-reactive ketones (excluding diaryl/α,β-unsaturated/α-hetero) is 1. The molecule has 0 spiro atoms. The van der Waals surface area contributed by atoms with Crippen LogP contribution in [0.1, 0.15) is 45.2 Å². The predicted molar refractivity (Wildman–Crippen MR) is 73.8 cm³/mol. The Bertz CT molecular complexity index is 430. The van der Waals surface area contributed by atoms with Crippen molar-refractivity contribution in [3.8, 4) is 0 Å². The molecule has 0 N–H and O–H groups in total. The van der Waals surface area contributed by atoms with Crippen LogP contribution in [0.4, 0.5) is 0 Å². The van der Waals surface area contributed by atoms with Gasteiger partial charge in [-0.15, -0.1) is 5.10 Å². The van der Waals surface area contributed by atoms with Gasteiger partial charge in [0.1, 0.15) is 0 Å². The van der Waals surface area contributed by atoms with Crippen LogP contribution in [0.25, 0.3) is 0 Å². The lowest BCUT2D eigenvalue weighted by Crippen LogP contribution is -2.53. The molecule has 5 heteroatoms. The van der Waals surface area contributed by atoms with Crippen molar-refractivity contribution in [2.45, 2.75) is 51.5 Å². The summed E-state index contributed by atoms with van der Waals surface area (Å²) in [6.07, 6.45) is 6.40. The number of hydrogen-bond acceptors (Lipinski definition) is 4. The smallest absolute Gasteiger partial charge is 0.159 e. The Balaban J connectivity index is 2.15. The molecule has 0 radical (unpaired) electrons. The highest BCUT2D eigenvalue weighted by Gasteiger charge is 2.41. The van der Waals surface area contributed by atoms with Crippen molar-refractivity contribution < 1.29 is 4.79 Å². The van der Waals surface area contributed by atoms with Crippen molar-refractivity contribution in [1.29, 1.82) is 0 Å². The molecule has 1 fully saturated rings. The van der Waals surface area contributed by atoms with Crippen molar-refractivity contribution in [2.24, 2.45) is 7.05 Å². The van der Waals surface area contributed by atoms with Crippen molar-refractivity contribution >= 4 is 5.78 Å². The van der Waals surface area contributed by atoms with Crippen LogP contribution in [0.15, 0.2) is 6.20 Å². The van der Waals surface area contributed by atoms with E-state index in [1.54, 1.807) is 4.68 Å². The molecule has 5 nitrogen and oxygen atoms in total. The van der Waals surface area contributed by atoms with Gasteiger partial charge < -0.3 is 0 Å². The normalized spacial score (nSPS) is 17.0. The second kappa shape index (κ2) is 5.82. The maximum absolute atomic E-state index is 12.8. The van der Waals surface area contributed by atoms with E-state index in [4.69, 9.17) is 0 Å². The summed E-state index contributed by atoms with van der Waals surface area (Å²) < 4.78 is 1.65. The molecule has 1 saturated heterocycles. The van der Waals surface area contributed by atoms with E-state index in [0.29, 0.717) is 12.2 Å². The summed E-state index contributed by atoms with van der Waals surface area (Å²) in [5.41, 5.74) is 0.478. The average Bonchev–Trinajstić information content (AvgIpc) is 3.04. The van der Waals surface area contributed by atoms with Gasteiger partial charge in [-0.2, -0.15) is 0 Å². The SMILES string of the molecule is CCC(CC)(C(=O)Cc1cn(C)nn1)N1CCCC1. The molecule has 1 aliphatic heterocycles. The second-order valence-electron chi connectivity index (χ2n) is 5.42. The Morgan fingerprint density at radius 3 is 2.42 bits per heavy atom. The van der Waals surface area contributed by atoms with Gasteiger partial charge in [0.05, 0.1) is 17.7 Å².